The van der Waals surface area contributed by atoms with Crippen molar-refractivity contribution in [1.29, 1.82) is 0 Å². The molecule has 0 radical (unpaired) electrons. The Morgan fingerprint density at radius 3 is 2.69 bits per heavy atom. The van der Waals surface area contributed by atoms with E-state index in [0.29, 0.717) is 35.7 Å². The van der Waals surface area contributed by atoms with Crippen LogP contribution in [0.5, 0.6) is 0 Å². The van der Waals surface area contributed by atoms with Crippen LogP contribution in [-0.2, 0) is 9.53 Å². The van der Waals surface area contributed by atoms with Crippen molar-refractivity contribution in [3.05, 3.63) is 53.9 Å². The molecule has 206 valence electrons. The highest BCUT2D eigenvalue weighted by Crippen LogP contribution is 2.32. The molecule has 0 saturated carbocycles. The molecule has 3 aromatic heterocycles. The third-order valence-electron chi connectivity index (χ3n) is 6.65. The highest BCUT2D eigenvalue weighted by atomic mass is 19.1. The molecule has 4 aromatic rings. The Labute approximate surface area is 222 Å². The molecule has 0 spiro atoms. The molecule has 1 aromatic carbocycles. The van der Waals surface area contributed by atoms with Gasteiger partial charge in [-0.2, -0.15) is 5.10 Å². The maximum absolute atomic E-state index is 14.5. The van der Waals surface area contributed by atoms with Crippen LogP contribution in [0.1, 0.15) is 28.5 Å². The first-order valence-electron chi connectivity index (χ1n) is 12.6. The highest BCUT2D eigenvalue weighted by molar-refractivity contribution is 6.13. The summed E-state index contributed by atoms with van der Waals surface area (Å²) in [5.41, 5.74) is 3.45. The molecule has 0 aliphatic carbocycles. The average molecular weight is 542 g/mol. The van der Waals surface area contributed by atoms with Crippen molar-refractivity contribution >= 4 is 39.8 Å². The number of nitrogens with one attached hydrogen (secondary N) is 2. The SMILES string of the molecule is Cc1cn2cc(NC(=O)c3ccc(N4CCNCC4)c4cn(C5CCOC5)nc34)cc(F)c2n1.O=C(O)CF. The van der Waals surface area contributed by atoms with Crippen molar-refractivity contribution in [2.24, 2.45) is 0 Å². The summed E-state index contributed by atoms with van der Waals surface area (Å²) in [7, 11) is 0. The van der Waals surface area contributed by atoms with Crippen LogP contribution in [0, 0.1) is 12.7 Å². The Hall–Kier alpha value is -4.10. The van der Waals surface area contributed by atoms with Gasteiger partial charge in [0.05, 0.1) is 29.6 Å². The van der Waals surface area contributed by atoms with E-state index in [0.717, 1.165) is 43.7 Å². The number of nitrogens with zero attached hydrogens (tertiary/aromatic N) is 5. The monoisotopic (exact) mass is 541 g/mol. The molecule has 11 nitrogen and oxygen atoms in total. The normalized spacial score (nSPS) is 17.3. The smallest absolute Gasteiger partial charge is 0.335 e. The number of amides is 1. The van der Waals surface area contributed by atoms with Gasteiger partial charge in [-0.1, -0.05) is 0 Å². The molecule has 5 heterocycles. The molecule has 0 bridgehead atoms. The van der Waals surface area contributed by atoms with Crippen LogP contribution in [0.3, 0.4) is 0 Å². The molecule has 1 unspecified atom stereocenters. The minimum atomic E-state index is -1.41. The third-order valence-corrected chi connectivity index (χ3v) is 6.65. The number of imidazole rings is 1. The molecular weight excluding hydrogens is 512 g/mol. The van der Waals surface area contributed by atoms with Gasteiger partial charge in [0.15, 0.2) is 18.1 Å². The highest BCUT2D eigenvalue weighted by Gasteiger charge is 2.24. The molecule has 2 aliphatic rings. The largest absolute Gasteiger partial charge is 0.479 e. The number of benzene rings is 1. The number of piperazine rings is 1. The van der Waals surface area contributed by atoms with Crippen LogP contribution in [0.15, 0.2) is 36.8 Å². The van der Waals surface area contributed by atoms with Gasteiger partial charge in [0.2, 0.25) is 0 Å². The van der Waals surface area contributed by atoms with Crippen molar-refractivity contribution in [3.8, 4) is 0 Å². The van der Waals surface area contributed by atoms with E-state index in [1.807, 2.05) is 23.0 Å². The summed E-state index contributed by atoms with van der Waals surface area (Å²) in [4.78, 5) is 28.8. The Bertz CT molecular complexity index is 1510. The minimum absolute atomic E-state index is 0.153. The average Bonchev–Trinajstić information content (AvgIpc) is 3.68. The molecule has 2 aliphatic heterocycles. The molecule has 3 N–H and O–H groups in total. The molecular formula is C26H29F2N7O4. The van der Waals surface area contributed by atoms with Gasteiger partial charge in [-0.25, -0.2) is 18.6 Å². The second kappa shape index (κ2) is 11.3. The molecule has 1 atom stereocenters. The zero-order valence-corrected chi connectivity index (χ0v) is 21.4. The van der Waals surface area contributed by atoms with E-state index in [2.05, 4.69) is 20.5 Å². The summed E-state index contributed by atoms with van der Waals surface area (Å²) in [5, 5.41) is 19.3. The van der Waals surface area contributed by atoms with Crippen LogP contribution in [-0.4, -0.2) is 82.2 Å². The van der Waals surface area contributed by atoms with Crippen molar-refractivity contribution in [2.75, 3.05) is 56.3 Å². The van der Waals surface area contributed by atoms with Gasteiger partial charge in [0.1, 0.15) is 5.52 Å². The van der Waals surface area contributed by atoms with E-state index in [1.54, 1.807) is 23.7 Å². The van der Waals surface area contributed by atoms with E-state index in [-0.39, 0.29) is 17.6 Å². The maximum Gasteiger partial charge on any atom is 0.335 e. The van der Waals surface area contributed by atoms with Crippen LogP contribution in [0.25, 0.3) is 16.6 Å². The molecule has 1 amide bonds. The molecule has 6 rings (SSSR count). The summed E-state index contributed by atoms with van der Waals surface area (Å²) in [6.07, 6.45) is 6.31. The zero-order valence-electron chi connectivity index (χ0n) is 21.4. The predicted molar refractivity (Wildman–Crippen MR) is 141 cm³/mol. The first-order chi connectivity index (χ1) is 18.8. The van der Waals surface area contributed by atoms with Gasteiger partial charge in [-0.15, -0.1) is 0 Å². The summed E-state index contributed by atoms with van der Waals surface area (Å²) in [6.45, 7) is 5.45. The fourth-order valence-electron chi connectivity index (χ4n) is 4.84. The fraction of sp³-hybridized carbons (Fsp3) is 0.385. The minimum Gasteiger partial charge on any atom is -0.479 e. The number of aromatic nitrogens is 4. The molecule has 39 heavy (non-hydrogen) atoms. The quantitative estimate of drug-likeness (QED) is 0.352. The third kappa shape index (κ3) is 5.68. The number of ether oxygens (including phenoxy) is 1. The Kier molecular flexibility index (Phi) is 7.70. The van der Waals surface area contributed by atoms with Crippen molar-refractivity contribution in [2.45, 2.75) is 19.4 Å². The Morgan fingerprint density at radius 2 is 2.00 bits per heavy atom. The van der Waals surface area contributed by atoms with E-state index in [9.17, 15) is 13.6 Å². The van der Waals surface area contributed by atoms with Crippen molar-refractivity contribution < 1.29 is 28.2 Å². The number of hydrogen-bond donors (Lipinski definition) is 3. The number of carboxylic acids is 1. The molecule has 2 fully saturated rings. The first kappa shape index (κ1) is 26.5. The molecule has 13 heteroatoms. The second-order valence-electron chi connectivity index (χ2n) is 9.43. The lowest BCUT2D eigenvalue weighted by Gasteiger charge is -2.30. The van der Waals surface area contributed by atoms with Gasteiger partial charge < -0.3 is 29.8 Å². The number of aliphatic carboxylic acids is 1. The topological polar surface area (TPSA) is 126 Å². The molecule has 2 saturated heterocycles. The number of anilines is 2. The number of carbonyl (C=O) groups excluding carboxylic acids is 1. The predicted octanol–water partition coefficient (Wildman–Crippen LogP) is 2.80. The van der Waals surface area contributed by atoms with Gasteiger partial charge in [0.25, 0.3) is 5.91 Å². The van der Waals surface area contributed by atoms with Crippen LogP contribution < -0.4 is 15.5 Å². The van der Waals surface area contributed by atoms with Crippen LogP contribution in [0.2, 0.25) is 0 Å². The number of halogens is 2. The summed E-state index contributed by atoms with van der Waals surface area (Å²) >= 11 is 0. The summed E-state index contributed by atoms with van der Waals surface area (Å²) < 4.78 is 34.1. The van der Waals surface area contributed by atoms with Gasteiger partial charge in [-0.3, -0.25) is 9.48 Å². The van der Waals surface area contributed by atoms with Crippen LogP contribution in [0.4, 0.5) is 20.2 Å². The first-order valence-corrected chi connectivity index (χ1v) is 12.6. The zero-order chi connectivity index (χ0) is 27.5. The van der Waals surface area contributed by atoms with Crippen molar-refractivity contribution in [1.82, 2.24) is 24.5 Å². The van der Waals surface area contributed by atoms with E-state index >= 15 is 0 Å². The number of pyridine rings is 1. The number of carboxylic acid groups (broad SMARTS) is 1. The van der Waals surface area contributed by atoms with Gasteiger partial charge in [0, 0.05) is 68.5 Å². The lowest BCUT2D eigenvalue weighted by Crippen LogP contribution is -2.43. The second-order valence-corrected chi connectivity index (χ2v) is 9.43. The van der Waals surface area contributed by atoms with E-state index in [4.69, 9.17) is 19.7 Å². The standard InChI is InChI=1S/C24H26FN7O2.C2H3FO2/c1-15-11-31-12-16(10-20(25)23(31)27-15)28-24(33)18-2-3-21(30-7-5-26-6-8-30)19-13-32(29-22(18)19)17-4-9-34-14-17;3-1-2(4)5/h2-3,10-13,17,26H,4-9,14H2,1H3,(H,28,33);1H2,(H,4,5). The summed E-state index contributed by atoms with van der Waals surface area (Å²) in [5.74, 6) is -2.24. The number of alkyl halides is 1. The van der Waals surface area contributed by atoms with Gasteiger partial charge in [-0.05, 0) is 25.5 Å². The van der Waals surface area contributed by atoms with Gasteiger partial charge >= 0.3 is 5.97 Å². The fourth-order valence-corrected chi connectivity index (χ4v) is 4.84. The summed E-state index contributed by atoms with van der Waals surface area (Å²) in [6, 6.07) is 5.25. The number of carbonyl (C=O) groups is 2. The number of aryl methyl sites for hydroxylation is 1. The number of fused-ring (bicyclic) bond motifs is 2. The van der Waals surface area contributed by atoms with Crippen LogP contribution >= 0.6 is 0 Å². The van der Waals surface area contributed by atoms with Crippen molar-refractivity contribution in [3.63, 3.8) is 0 Å². The van der Waals surface area contributed by atoms with E-state index in [1.165, 1.54) is 6.07 Å². The number of hydrogen-bond acceptors (Lipinski definition) is 7. The lowest BCUT2D eigenvalue weighted by atomic mass is 10.1. The number of rotatable bonds is 5. The van der Waals surface area contributed by atoms with E-state index < -0.39 is 18.5 Å². The Morgan fingerprint density at radius 1 is 1.23 bits per heavy atom. The maximum atomic E-state index is 14.5. The Balaban J connectivity index is 0.000000567. The lowest BCUT2D eigenvalue weighted by molar-refractivity contribution is -0.137.